The quantitative estimate of drug-likeness (QED) is 0.798. The number of rotatable bonds is 3. The highest BCUT2D eigenvalue weighted by Crippen LogP contribution is 2.20. The van der Waals surface area contributed by atoms with Crippen LogP contribution in [0.15, 0.2) is 33.5 Å². The minimum atomic E-state index is -0.372. The van der Waals surface area contributed by atoms with Gasteiger partial charge in [0.1, 0.15) is 6.04 Å². The molecule has 3 heterocycles. The molecule has 0 unspecified atom stereocenters. The maximum Gasteiger partial charge on any atom is 0.289 e. The fourth-order valence-corrected chi connectivity index (χ4v) is 3.12. The van der Waals surface area contributed by atoms with E-state index in [2.05, 4.69) is 21.0 Å². The van der Waals surface area contributed by atoms with Crippen molar-refractivity contribution in [1.29, 1.82) is 0 Å². The van der Waals surface area contributed by atoms with Crippen LogP contribution < -0.4 is 0 Å². The van der Waals surface area contributed by atoms with Gasteiger partial charge in [0.25, 0.3) is 5.91 Å². The van der Waals surface area contributed by atoms with Gasteiger partial charge in [0, 0.05) is 26.2 Å². The van der Waals surface area contributed by atoms with Crippen LogP contribution in [0.4, 0.5) is 0 Å². The first-order valence-electron chi connectivity index (χ1n) is 7.80. The molecule has 1 fully saturated rings. The zero-order chi connectivity index (χ0) is 17.3. The summed E-state index contributed by atoms with van der Waals surface area (Å²) in [4.78, 5) is 28.4. The third-order valence-electron chi connectivity index (χ3n) is 4.32. The van der Waals surface area contributed by atoms with E-state index in [1.807, 2.05) is 13.8 Å². The number of hydrogen-bond donors (Lipinski definition) is 0. The first-order chi connectivity index (χ1) is 11.5. The minimum absolute atomic E-state index is 0.0128. The van der Waals surface area contributed by atoms with Crippen molar-refractivity contribution in [3.05, 3.63) is 40.5 Å². The zero-order valence-corrected chi connectivity index (χ0v) is 15.2. The Labute approximate surface area is 148 Å². The molecule has 3 rings (SSSR count). The summed E-state index contributed by atoms with van der Waals surface area (Å²) in [6, 6.07) is 2.98. The molecule has 0 aromatic carbocycles. The van der Waals surface area contributed by atoms with Crippen molar-refractivity contribution in [2.45, 2.75) is 19.9 Å². The van der Waals surface area contributed by atoms with Crippen molar-refractivity contribution in [3.8, 4) is 0 Å². The number of nitrogens with zero attached hydrogens (tertiary/aromatic N) is 4. The van der Waals surface area contributed by atoms with Gasteiger partial charge in [-0.1, -0.05) is 0 Å². The van der Waals surface area contributed by atoms with Crippen LogP contribution in [0.3, 0.4) is 0 Å². The summed E-state index contributed by atoms with van der Waals surface area (Å²) in [7, 11) is 0. The SMILES string of the molecule is Cc1c(Br)cnn1[C@@H](C)C(=O)N1CCN(C(=O)c2ccco2)CC1. The second kappa shape index (κ2) is 6.80. The Kier molecular flexibility index (Phi) is 4.75. The predicted molar refractivity (Wildman–Crippen MR) is 90.6 cm³/mol. The van der Waals surface area contributed by atoms with E-state index in [0.717, 1.165) is 10.2 Å². The number of carbonyl (C=O) groups is 2. The second-order valence-electron chi connectivity index (χ2n) is 5.79. The van der Waals surface area contributed by atoms with Gasteiger partial charge in [0.2, 0.25) is 5.91 Å². The number of aromatic nitrogens is 2. The lowest BCUT2D eigenvalue weighted by Crippen LogP contribution is -2.52. The van der Waals surface area contributed by atoms with E-state index >= 15 is 0 Å². The van der Waals surface area contributed by atoms with Crippen molar-refractivity contribution < 1.29 is 14.0 Å². The van der Waals surface area contributed by atoms with Crippen molar-refractivity contribution in [2.75, 3.05) is 26.2 Å². The Bertz CT molecular complexity index is 733. The van der Waals surface area contributed by atoms with Gasteiger partial charge in [-0.2, -0.15) is 5.10 Å². The molecule has 1 aliphatic heterocycles. The minimum Gasteiger partial charge on any atom is -0.459 e. The lowest BCUT2D eigenvalue weighted by Gasteiger charge is -2.35. The Hall–Kier alpha value is -2.09. The second-order valence-corrected chi connectivity index (χ2v) is 6.65. The van der Waals surface area contributed by atoms with Crippen LogP contribution in [0.5, 0.6) is 0 Å². The molecule has 1 atom stereocenters. The molecule has 2 amide bonds. The van der Waals surface area contributed by atoms with E-state index in [1.165, 1.54) is 6.26 Å². The van der Waals surface area contributed by atoms with Crippen LogP contribution in [0.2, 0.25) is 0 Å². The van der Waals surface area contributed by atoms with Gasteiger partial charge < -0.3 is 14.2 Å². The Morgan fingerprint density at radius 3 is 2.46 bits per heavy atom. The van der Waals surface area contributed by atoms with Crippen molar-refractivity contribution in [1.82, 2.24) is 19.6 Å². The molecule has 1 saturated heterocycles. The smallest absolute Gasteiger partial charge is 0.289 e. The summed E-state index contributed by atoms with van der Waals surface area (Å²) in [6.07, 6.45) is 3.18. The molecule has 0 N–H and O–H groups in total. The van der Waals surface area contributed by atoms with Crippen LogP contribution >= 0.6 is 15.9 Å². The normalized spacial score (nSPS) is 16.3. The molecule has 0 spiro atoms. The highest BCUT2D eigenvalue weighted by atomic mass is 79.9. The Morgan fingerprint density at radius 1 is 1.25 bits per heavy atom. The van der Waals surface area contributed by atoms with E-state index in [-0.39, 0.29) is 17.9 Å². The maximum atomic E-state index is 12.7. The molecule has 7 nitrogen and oxygen atoms in total. The van der Waals surface area contributed by atoms with Crippen LogP contribution in [0.1, 0.15) is 29.2 Å². The van der Waals surface area contributed by atoms with E-state index in [0.29, 0.717) is 31.9 Å². The maximum absolute atomic E-state index is 12.7. The number of halogens is 1. The van der Waals surface area contributed by atoms with Crippen molar-refractivity contribution in [3.63, 3.8) is 0 Å². The third-order valence-corrected chi connectivity index (χ3v) is 5.10. The fourth-order valence-electron chi connectivity index (χ4n) is 2.85. The van der Waals surface area contributed by atoms with E-state index < -0.39 is 0 Å². The van der Waals surface area contributed by atoms with E-state index in [4.69, 9.17) is 4.42 Å². The number of piperazine rings is 1. The molecule has 0 saturated carbocycles. The first kappa shape index (κ1) is 16.8. The average molecular weight is 395 g/mol. The molecule has 128 valence electrons. The Morgan fingerprint density at radius 2 is 1.92 bits per heavy atom. The molecule has 24 heavy (non-hydrogen) atoms. The van der Waals surface area contributed by atoms with Gasteiger partial charge in [0.15, 0.2) is 5.76 Å². The molecular formula is C16H19BrN4O3. The molecule has 2 aromatic rings. The summed E-state index contributed by atoms with van der Waals surface area (Å²) in [5.41, 5.74) is 0.919. The van der Waals surface area contributed by atoms with Crippen LogP contribution in [0, 0.1) is 6.92 Å². The van der Waals surface area contributed by atoms with Gasteiger partial charge in [-0.3, -0.25) is 14.3 Å². The summed E-state index contributed by atoms with van der Waals surface area (Å²) < 4.78 is 7.75. The van der Waals surface area contributed by atoms with Crippen LogP contribution in [0.25, 0.3) is 0 Å². The number of carbonyl (C=O) groups excluding carboxylic acids is 2. The lowest BCUT2D eigenvalue weighted by atomic mass is 10.2. The average Bonchev–Trinajstić information content (AvgIpc) is 3.24. The van der Waals surface area contributed by atoms with Gasteiger partial charge in [0.05, 0.1) is 22.6 Å². The Balaban J connectivity index is 1.61. The summed E-state index contributed by atoms with van der Waals surface area (Å²) in [5.74, 6) is 0.214. The highest BCUT2D eigenvalue weighted by molar-refractivity contribution is 9.10. The van der Waals surface area contributed by atoms with Crippen molar-refractivity contribution in [2.24, 2.45) is 0 Å². The molecule has 1 aliphatic rings. The van der Waals surface area contributed by atoms with Crippen molar-refractivity contribution >= 4 is 27.7 Å². The number of furan rings is 1. The standard InChI is InChI=1S/C16H19BrN4O3/c1-11-13(17)10-18-21(11)12(2)15(22)19-5-7-20(8-6-19)16(23)14-4-3-9-24-14/h3-4,9-10,12H,5-8H2,1-2H3/t12-/m0/s1. The summed E-state index contributed by atoms with van der Waals surface area (Å²) >= 11 is 3.41. The van der Waals surface area contributed by atoms with Crippen LogP contribution in [-0.4, -0.2) is 57.6 Å². The molecule has 8 heteroatoms. The number of hydrogen-bond acceptors (Lipinski definition) is 4. The zero-order valence-electron chi connectivity index (χ0n) is 13.6. The van der Waals surface area contributed by atoms with Gasteiger partial charge in [-0.25, -0.2) is 0 Å². The monoisotopic (exact) mass is 394 g/mol. The third kappa shape index (κ3) is 3.10. The van der Waals surface area contributed by atoms with Gasteiger partial charge in [-0.15, -0.1) is 0 Å². The topological polar surface area (TPSA) is 71.6 Å². The van der Waals surface area contributed by atoms with E-state index in [9.17, 15) is 9.59 Å². The molecule has 0 radical (unpaired) electrons. The summed E-state index contributed by atoms with van der Waals surface area (Å²) in [6.45, 7) is 5.78. The van der Waals surface area contributed by atoms with Crippen LogP contribution in [-0.2, 0) is 4.79 Å². The number of amides is 2. The summed E-state index contributed by atoms with van der Waals surface area (Å²) in [5, 5.41) is 4.25. The van der Waals surface area contributed by atoms with Gasteiger partial charge >= 0.3 is 0 Å². The molecule has 0 aliphatic carbocycles. The van der Waals surface area contributed by atoms with Gasteiger partial charge in [-0.05, 0) is 41.9 Å². The fraction of sp³-hybridized carbons (Fsp3) is 0.438. The molecular weight excluding hydrogens is 376 g/mol. The van der Waals surface area contributed by atoms with E-state index in [1.54, 1.807) is 32.8 Å². The molecule has 0 bridgehead atoms. The largest absolute Gasteiger partial charge is 0.459 e. The highest BCUT2D eigenvalue weighted by Gasteiger charge is 2.29. The lowest BCUT2D eigenvalue weighted by molar-refractivity contribution is -0.136. The molecule has 2 aromatic heterocycles. The predicted octanol–water partition coefficient (Wildman–Crippen LogP) is 2.09. The first-order valence-corrected chi connectivity index (χ1v) is 8.59.